The van der Waals surface area contributed by atoms with Crippen LogP contribution in [0.3, 0.4) is 0 Å². The van der Waals surface area contributed by atoms with Crippen molar-refractivity contribution in [3.8, 4) is 11.1 Å². The molecule has 0 aromatic heterocycles. The van der Waals surface area contributed by atoms with Gasteiger partial charge in [-0.2, -0.15) is 26.3 Å². The standard InChI is InChI=1S/C14H5F8/c15-10-5-4-7(6-9(10)14(20,21)22)12-8(13(17,18)19)2-1-3-11(12)16/h2-6H. The first-order chi connectivity index (χ1) is 10.0. The third-order valence-electron chi connectivity index (χ3n) is 2.81. The maximum Gasteiger partial charge on any atom is 0.419 e. The second-order valence-corrected chi connectivity index (χ2v) is 4.28. The van der Waals surface area contributed by atoms with E-state index in [4.69, 9.17) is 0 Å². The summed E-state index contributed by atoms with van der Waals surface area (Å²) in [5.41, 5.74) is -5.08. The van der Waals surface area contributed by atoms with E-state index in [1.807, 2.05) is 6.07 Å². The zero-order valence-electron chi connectivity index (χ0n) is 10.4. The largest absolute Gasteiger partial charge is 0.419 e. The molecule has 1 radical (unpaired) electrons. The van der Waals surface area contributed by atoms with Crippen LogP contribution in [0.1, 0.15) is 11.1 Å². The van der Waals surface area contributed by atoms with Gasteiger partial charge >= 0.3 is 12.4 Å². The third kappa shape index (κ3) is 3.05. The van der Waals surface area contributed by atoms with Gasteiger partial charge in [0.2, 0.25) is 0 Å². The van der Waals surface area contributed by atoms with Gasteiger partial charge in [0.05, 0.1) is 11.1 Å². The van der Waals surface area contributed by atoms with E-state index in [0.717, 1.165) is 0 Å². The van der Waals surface area contributed by atoms with Crippen molar-refractivity contribution in [2.75, 3.05) is 0 Å². The van der Waals surface area contributed by atoms with Crippen molar-refractivity contribution in [3.63, 3.8) is 0 Å². The summed E-state index contributed by atoms with van der Waals surface area (Å²) in [5, 5.41) is 0. The molecule has 22 heavy (non-hydrogen) atoms. The lowest BCUT2D eigenvalue weighted by Crippen LogP contribution is -2.11. The molecule has 0 nitrogen and oxygen atoms in total. The quantitative estimate of drug-likeness (QED) is 0.610. The van der Waals surface area contributed by atoms with Crippen LogP contribution in [-0.2, 0) is 12.4 Å². The summed E-state index contributed by atoms with van der Waals surface area (Å²) in [4.78, 5) is 0. The van der Waals surface area contributed by atoms with E-state index in [9.17, 15) is 35.1 Å². The molecule has 0 aliphatic carbocycles. The Morgan fingerprint density at radius 3 is 1.86 bits per heavy atom. The van der Waals surface area contributed by atoms with Crippen molar-refractivity contribution >= 4 is 0 Å². The lowest BCUT2D eigenvalue weighted by atomic mass is 9.96. The molecule has 0 amide bonds. The number of benzene rings is 2. The summed E-state index contributed by atoms with van der Waals surface area (Å²) in [7, 11) is 0. The van der Waals surface area contributed by atoms with Gasteiger partial charge in [-0.1, -0.05) is 6.07 Å². The molecule has 0 unspecified atom stereocenters. The molecule has 2 aromatic carbocycles. The summed E-state index contributed by atoms with van der Waals surface area (Å²) in [6.45, 7) is 0. The van der Waals surface area contributed by atoms with E-state index in [1.165, 1.54) is 0 Å². The fourth-order valence-electron chi connectivity index (χ4n) is 1.89. The van der Waals surface area contributed by atoms with Crippen molar-refractivity contribution in [3.05, 3.63) is 59.2 Å². The van der Waals surface area contributed by atoms with E-state index in [1.54, 1.807) is 0 Å². The molecular formula is C14H5F8. The molecule has 0 saturated carbocycles. The number of halogens is 8. The van der Waals surface area contributed by atoms with E-state index >= 15 is 0 Å². The number of alkyl halides is 6. The molecule has 0 N–H and O–H groups in total. The Kier molecular flexibility index (Phi) is 3.88. The maximum absolute atomic E-state index is 13.7. The van der Waals surface area contributed by atoms with Crippen molar-refractivity contribution in [1.29, 1.82) is 0 Å². The van der Waals surface area contributed by atoms with Crippen LogP contribution >= 0.6 is 0 Å². The van der Waals surface area contributed by atoms with Gasteiger partial charge in [-0.05, 0) is 35.9 Å². The summed E-state index contributed by atoms with van der Waals surface area (Å²) in [6.07, 6.45) is -10.1. The Labute approximate surface area is 119 Å². The molecule has 0 spiro atoms. The topological polar surface area (TPSA) is 0 Å². The number of hydrogen-bond donors (Lipinski definition) is 0. The van der Waals surface area contributed by atoms with Crippen LogP contribution < -0.4 is 0 Å². The number of hydrogen-bond acceptors (Lipinski definition) is 0. The summed E-state index contributed by atoms with van der Waals surface area (Å²) < 4.78 is 103. The van der Waals surface area contributed by atoms with Crippen molar-refractivity contribution in [1.82, 2.24) is 0 Å². The van der Waals surface area contributed by atoms with Crippen LogP contribution in [-0.4, -0.2) is 0 Å². The SMILES string of the molecule is Fc1ccc(-c2c(F)c[c]cc2C(F)(F)F)cc1C(F)(F)F. The van der Waals surface area contributed by atoms with E-state index in [-0.39, 0.29) is 6.07 Å². The smallest absolute Gasteiger partial charge is 0.206 e. The van der Waals surface area contributed by atoms with Crippen molar-refractivity contribution in [2.24, 2.45) is 0 Å². The highest BCUT2D eigenvalue weighted by atomic mass is 19.4. The van der Waals surface area contributed by atoms with Crippen LogP contribution in [0, 0.1) is 17.7 Å². The van der Waals surface area contributed by atoms with Crippen molar-refractivity contribution < 1.29 is 35.1 Å². The van der Waals surface area contributed by atoms with Crippen LogP contribution in [0.4, 0.5) is 35.1 Å². The highest BCUT2D eigenvalue weighted by molar-refractivity contribution is 5.69. The molecule has 0 atom stereocenters. The zero-order valence-corrected chi connectivity index (χ0v) is 10.4. The molecule has 8 heteroatoms. The number of rotatable bonds is 1. The van der Waals surface area contributed by atoms with E-state index in [2.05, 4.69) is 0 Å². The Hall–Kier alpha value is -2.12. The average molecular weight is 325 g/mol. The summed E-state index contributed by atoms with van der Waals surface area (Å²) in [6, 6.07) is 4.01. The molecule has 0 aliphatic rings. The minimum atomic E-state index is -5.12. The van der Waals surface area contributed by atoms with Gasteiger partial charge < -0.3 is 0 Å². The maximum atomic E-state index is 13.7. The molecule has 117 valence electrons. The molecule has 2 aromatic rings. The lowest BCUT2D eigenvalue weighted by molar-refractivity contribution is -0.140. The second-order valence-electron chi connectivity index (χ2n) is 4.28. The minimum Gasteiger partial charge on any atom is -0.206 e. The Balaban J connectivity index is 2.73. The highest BCUT2D eigenvalue weighted by Gasteiger charge is 2.37. The van der Waals surface area contributed by atoms with Crippen LogP contribution in [0.15, 0.2) is 30.3 Å². The van der Waals surface area contributed by atoms with E-state index in [0.29, 0.717) is 24.3 Å². The first-order valence-corrected chi connectivity index (χ1v) is 5.65. The van der Waals surface area contributed by atoms with E-state index < -0.39 is 46.2 Å². The van der Waals surface area contributed by atoms with Gasteiger partial charge in [0.15, 0.2) is 0 Å². The summed E-state index contributed by atoms with van der Waals surface area (Å²) >= 11 is 0. The van der Waals surface area contributed by atoms with Gasteiger partial charge in [-0.15, -0.1) is 0 Å². The van der Waals surface area contributed by atoms with Gasteiger partial charge in [0, 0.05) is 5.56 Å². The fraction of sp³-hybridized carbons (Fsp3) is 0.143. The molecule has 2 rings (SSSR count). The first kappa shape index (κ1) is 16.3. The fourth-order valence-corrected chi connectivity index (χ4v) is 1.89. The Bertz CT molecular complexity index is 697. The predicted octanol–water partition coefficient (Wildman–Crippen LogP) is 5.47. The minimum absolute atomic E-state index is 0.142. The second kappa shape index (κ2) is 5.26. The molecule has 0 heterocycles. The van der Waals surface area contributed by atoms with Crippen LogP contribution in [0.5, 0.6) is 0 Å². The zero-order chi connectivity index (χ0) is 16.7. The Morgan fingerprint density at radius 1 is 0.727 bits per heavy atom. The predicted molar refractivity (Wildman–Crippen MR) is 60.6 cm³/mol. The Morgan fingerprint density at radius 2 is 1.32 bits per heavy atom. The monoisotopic (exact) mass is 325 g/mol. The molecular weight excluding hydrogens is 320 g/mol. The highest BCUT2D eigenvalue weighted by Crippen LogP contribution is 2.40. The van der Waals surface area contributed by atoms with Crippen molar-refractivity contribution in [2.45, 2.75) is 12.4 Å². The lowest BCUT2D eigenvalue weighted by Gasteiger charge is -2.15. The van der Waals surface area contributed by atoms with Gasteiger partial charge in [-0.25, -0.2) is 8.78 Å². The molecule has 0 bridgehead atoms. The van der Waals surface area contributed by atoms with Crippen LogP contribution in [0.2, 0.25) is 0 Å². The van der Waals surface area contributed by atoms with Crippen LogP contribution in [0.25, 0.3) is 11.1 Å². The van der Waals surface area contributed by atoms with Gasteiger partial charge in [0.1, 0.15) is 11.6 Å². The summed E-state index contributed by atoms with van der Waals surface area (Å²) in [5.74, 6) is -3.07. The molecule has 0 fully saturated rings. The average Bonchev–Trinajstić information content (AvgIpc) is 2.37. The van der Waals surface area contributed by atoms with Gasteiger partial charge in [0.25, 0.3) is 0 Å². The first-order valence-electron chi connectivity index (χ1n) is 5.65. The van der Waals surface area contributed by atoms with Gasteiger partial charge in [-0.3, -0.25) is 0 Å². The molecule has 0 aliphatic heterocycles. The normalized spacial score (nSPS) is 12.5. The third-order valence-corrected chi connectivity index (χ3v) is 2.81. The molecule has 0 saturated heterocycles.